The number of hydrogen-bond donors (Lipinski definition) is 3. The number of carboxylic acid groups (broad SMARTS) is 1. The number of nitrogens with zero attached hydrogens (tertiary/aromatic N) is 1. The van der Waals surface area contributed by atoms with E-state index in [0.717, 1.165) is 0 Å². The van der Waals surface area contributed by atoms with E-state index in [-0.39, 0.29) is 25.6 Å². The second kappa shape index (κ2) is 7.38. The van der Waals surface area contributed by atoms with Crippen LogP contribution in [0.25, 0.3) is 0 Å². The Hall–Kier alpha value is -2.08. The van der Waals surface area contributed by atoms with Crippen LogP contribution in [0.2, 0.25) is 0 Å². The number of rotatable bonds is 6. The van der Waals surface area contributed by atoms with Crippen molar-refractivity contribution in [1.82, 2.24) is 4.90 Å². The summed E-state index contributed by atoms with van der Waals surface area (Å²) >= 11 is 0. The number of urea groups is 1. The molecule has 19 heavy (non-hydrogen) atoms. The van der Waals surface area contributed by atoms with E-state index in [0.29, 0.717) is 17.8 Å². The minimum Gasteiger partial charge on any atom is -0.481 e. The third-order valence-electron chi connectivity index (χ3n) is 2.60. The lowest BCUT2D eigenvalue weighted by atomic mass is 10.1. The van der Waals surface area contributed by atoms with E-state index in [2.05, 4.69) is 5.32 Å². The summed E-state index contributed by atoms with van der Waals surface area (Å²) < 4.78 is 0. The number of hydrogen-bond acceptors (Lipinski definition) is 3. The van der Waals surface area contributed by atoms with E-state index in [1.54, 1.807) is 24.3 Å². The number of anilines is 1. The van der Waals surface area contributed by atoms with E-state index in [4.69, 9.17) is 10.2 Å². The zero-order valence-corrected chi connectivity index (χ0v) is 10.8. The Morgan fingerprint density at radius 1 is 1.26 bits per heavy atom. The first-order chi connectivity index (χ1) is 9.06. The standard InChI is InChI=1S/C13H18N2O4/c1-2-15(7-8-16)13(19)14-11-5-3-10(4-6-11)9-12(17)18/h3-6,16H,2,7-9H2,1H3,(H,14,19)(H,17,18). The third kappa shape index (κ3) is 4.97. The van der Waals surface area contributed by atoms with Crippen LogP contribution in [0.5, 0.6) is 0 Å². The molecule has 0 bridgehead atoms. The van der Waals surface area contributed by atoms with Crippen LogP contribution >= 0.6 is 0 Å². The molecule has 0 saturated heterocycles. The van der Waals surface area contributed by atoms with Gasteiger partial charge < -0.3 is 20.4 Å². The fourth-order valence-electron chi connectivity index (χ4n) is 1.61. The molecule has 0 heterocycles. The summed E-state index contributed by atoms with van der Waals surface area (Å²) in [6.45, 7) is 2.52. The topological polar surface area (TPSA) is 89.9 Å². The van der Waals surface area contributed by atoms with Gasteiger partial charge in [-0.2, -0.15) is 0 Å². The van der Waals surface area contributed by atoms with Gasteiger partial charge in [-0.3, -0.25) is 4.79 Å². The molecule has 0 aliphatic carbocycles. The first kappa shape index (κ1) is 15.0. The van der Waals surface area contributed by atoms with Crippen molar-refractivity contribution in [2.24, 2.45) is 0 Å². The highest BCUT2D eigenvalue weighted by Crippen LogP contribution is 2.11. The van der Waals surface area contributed by atoms with E-state index >= 15 is 0 Å². The van der Waals surface area contributed by atoms with Gasteiger partial charge in [0.15, 0.2) is 0 Å². The lowest BCUT2D eigenvalue weighted by Gasteiger charge is -2.20. The molecule has 0 spiro atoms. The molecule has 0 saturated carbocycles. The first-order valence-electron chi connectivity index (χ1n) is 6.04. The van der Waals surface area contributed by atoms with Gasteiger partial charge in [0.25, 0.3) is 0 Å². The Morgan fingerprint density at radius 2 is 1.89 bits per heavy atom. The van der Waals surface area contributed by atoms with E-state index in [9.17, 15) is 9.59 Å². The molecule has 0 atom stereocenters. The predicted molar refractivity (Wildman–Crippen MR) is 71.1 cm³/mol. The van der Waals surface area contributed by atoms with Crippen LogP contribution in [0.4, 0.5) is 10.5 Å². The fraction of sp³-hybridized carbons (Fsp3) is 0.385. The van der Waals surface area contributed by atoms with Crippen LogP contribution in [0.15, 0.2) is 24.3 Å². The number of aliphatic hydroxyl groups is 1. The molecule has 3 N–H and O–H groups in total. The summed E-state index contributed by atoms with van der Waals surface area (Å²) in [5.41, 5.74) is 1.27. The van der Waals surface area contributed by atoms with Crippen molar-refractivity contribution >= 4 is 17.7 Å². The monoisotopic (exact) mass is 266 g/mol. The van der Waals surface area contributed by atoms with Crippen LogP contribution < -0.4 is 5.32 Å². The maximum atomic E-state index is 11.8. The summed E-state index contributed by atoms with van der Waals surface area (Å²) in [6.07, 6.45) is -0.0418. The normalized spacial score (nSPS) is 10.0. The molecule has 0 unspecified atom stereocenters. The van der Waals surface area contributed by atoms with Crippen LogP contribution in [0.3, 0.4) is 0 Å². The molecule has 0 aliphatic heterocycles. The molecule has 0 radical (unpaired) electrons. The van der Waals surface area contributed by atoms with E-state index in [1.165, 1.54) is 4.90 Å². The highest BCUT2D eigenvalue weighted by Gasteiger charge is 2.10. The number of aliphatic hydroxyl groups excluding tert-OH is 1. The first-order valence-corrected chi connectivity index (χ1v) is 6.04. The summed E-state index contributed by atoms with van der Waals surface area (Å²) in [4.78, 5) is 23.8. The molecule has 104 valence electrons. The maximum absolute atomic E-state index is 11.8. The Labute approximate surface area is 111 Å². The lowest BCUT2D eigenvalue weighted by molar-refractivity contribution is -0.136. The van der Waals surface area contributed by atoms with Crippen LogP contribution in [0, 0.1) is 0 Å². The Balaban J connectivity index is 2.61. The van der Waals surface area contributed by atoms with E-state index < -0.39 is 5.97 Å². The average Bonchev–Trinajstić information content (AvgIpc) is 2.37. The number of benzene rings is 1. The number of nitrogens with one attached hydrogen (secondary N) is 1. The van der Waals surface area contributed by atoms with Gasteiger partial charge >= 0.3 is 12.0 Å². The summed E-state index contributed by atoms with van der Waals surface area (Å²) in [7, 11) is 0. The van der Waals surface area contributed by atoms with Gasteiger partial charge in [0.05, 0.1) is 13.0 Å². The van der Waals surface area contributed by atoms with Gasteiger partial charge in [0.1, 0.15) is 0 Å². The minimum atomic E-state index is -0.892. The highest BCUT2D eigenvalue weighted by molar-refractivity contribution is 5.89. The molecular formula is C13H18N2O4. The lowest BCUT2D eigenvalue weighted by Crippen LogP contribution is -2.36. The number of likely N-dealkylation sites (N-methyl/N-ethyl adjacent to an activating group) is 1. The highest BCUT2D eigenvalue weighted by atomic mass is 16.4. The van der Waals surface area contributed by atoms with E-state index in [1.807, 2.05) is 6.92 Å². The van der Waals surface area contributed by atoms with Gasteiger partial charge in [-0.05, 0) is 24.6 Å². The van der Waals surface area contributed by atoms with Gasteiger partial charge in [0.2, 0.25) is 0 Å². The summed E-state index contributed by atoms with van der Waals surface area (Å²) in [5.74, 6) is -0.892. The van der Waals surface area contributed by atoms with Gasteiger partial charge in [-0.25, -0.2) is 4.79 Å². The number of amides is 2. The molecule has 1 rings (SSSR count). The maximum Gasteiger partial charge on any atom is 0.321 e. The molecular weight excluding hydrogens is 248 g/mol. The quantitative estimate of drug-likeness (QED) is 0.720. The van der Waals surface area contributed by atoms with Crippen molar-refractivity contribution in [1.29, 1.82) is 0 Å². The molecule has 6 nitrogen and oxygen atoms in total. The molecule has 2 amide bonds. The molecule has 6 heteroatoms. The molecule has 0 aromatic heterocycles. The van der Waals surface area contributed by atoms with Crippen molar-refractivity contribution in [3.63, 3.8) is 0 Å². The smallest absolute Gasteiger partial charge is 0.321 e. The number of carbonyl (C=O) groups is 2. The predicted octanol–water partition coefficient (Wildman–Crippen LogP) is 1.16. The zero-order valence-electron chi connectivity index (χ0n) is 10.8. The molecule has 0 aliphatic rings. The van der Waals surface area contributed by atoms with Crippen LogP contribution in [-0.4, -0.2) is 46.8 Å². The van der Waals surface area contributed by atoms with Crippen molar-refractivity contribution < 1.29 is 19.8 Å². The van der Waals surface area contributed by atoms with Gasteiger partial charge in [0, 0.05) is 18.8 Å². The third-order valence-corrected chi connectivity index (χ3v) is 2.60. The largest absolute Gasteiger partial charge is 0.481 e. The molecule has 1 aromatic rings. The summed E-state index contributed by atoms with van der Waals surface area (Å²) in [6, 6.07) is 6.34. The minimum absolute atomic E-state index is 0.0418. The van der Waals surface area contributed by atoms with Crippen LogP contribution in [-0.2, 0) is 11.2 Å². The Bertz CT molecular complexity index is 431. The van der Waals surface area contributed by atoms with Gasteiger partial charge in [-0.15, -0.1) is 0 Å². The number of aliphatic carboxylic acids is 1. The second-order valence-corrected chi connectivity index (χ2v) is 4.00. The fourth-order valence-corrected chi connectivity index (χ4v) is 1.61. The molecule has 0 fully saturated rings. The SMILES string of the molecule is CCN(CCO)C(=O)Nc1ccc(CC(=O)O)cc1. The Morgan fingerprint density at radius 3 is 2.37 bits per heavy atom. The van der Waals surface area contributed by atoms with Crippen molar-refractivity contribution in [3.05, 3.63) is 29.8 Å². The summed E-state index contributed by atoms with van der Waals surface area (Å²) in [5, 5.41) is 20.2. The number of carbonyl (C=O) groups excluding carboxylic acids is 1. The van der Waals surface area contributed by atoms with Crippen molar-refractivity contribution in [3.8, 4) is 0 Å². The number of carboxylic acids is 1. The molecule has 1 aromatic carbocycles. The Kier molecular flexibility index (Phi) is 5.81. The zero-order chi connectivity index (χ0) is 14.3. The second-order valence-electron chi connectivity index (χ2n) is 4.00. The van der Waals surface area contributed by atoms with Gasteiger partial charge in [-0.1, -0.05) is 12.1 Å². The van der Waals surface area contributed by atoms with Crippen molar-refractivity contribution in [2.75, 3.05) is 25.0 Å². The van der Waals surface area contributed by atoms with Crippen LogP contribution in [0.1, 0.15) is 12.5 Å². The van der Waals surface area contributed by atoms with Crippen molar-refractivity contribution in [2.45, 2.75) is 13.3 Å². The average molecular weight is 266 g/mol.